The number of aryl methyl sites for hydroxylation is 1. The van der Waals surface area contributed by atoms with Gasteiger partial charge in [0.1, 0.15) is 0 Å². The van der Waals surface area contributed by atoms with Gasteiger partial charge in [-0.1, -0.05) is 43.5 Å². The normalized spacial score (nSPS) is 15.8. The van der Waals surface area contributed by atoms with Crippen molar-refractivity contribution in [1.29, 1.82) is 0 Å². The zero-order chi connectivity index (χ0) is 18.2. The lowest BCUT2D eigenvalue weighted by Crippen LogP contribution is -2.44. The molecule has 1 fully saturated rings. The summed E-state index contributed by atoms with van der Waals surface area (Å²) in [5, 5.41) is 10.9. The zero-order valence-corrected chi connectivity index (χ0v) is 15.8. The topological polar surface area (TPSA) is 75.3 Å². The van der Waals surface area contributed by atoms with Gasteiger partial charge in [-0.15, -0.1) is 0 Å². The average Bonchev–Trinajstić information content (AvgIpc) is 3.18. The Kier molecular flexibility index (Phi) is 6.63. The van der Waals surface area contributed by atoms with Crippen molar-refractivity contribution < 1.29 is 4.52 Å². The zero-order valence-electron chi connectivity index (χ0n) is 15.8. The van der Waals surface area contributed by atoms with Crippen molar-refractivity contribution in [3.8, 4) is 11.5 Å². The predicted octanol–water partition coefficient (Wildman–Crippen LogP) is 3.34. The van der Waals surface area contributed by atoms with E-state index in [2.05, 4.69) is 37.9 Å². The molecule has 1 aliphatic carbocycles. The maximum Gasteiger partial charge on any atom is 0.257 e. The van der Waals surface area contributed by atoms with Crippen LogP contribution in [-0.2, 0) is 12.8 Å². The van der Waals surface area contributed by atoms with Crippen LogP contribution in [0.25, 0.3) is 11.5 Å². The fourth-order valence-electron chi connectivity index (χ4n) is 3.29. The standard InChI is InChI=1S/C20H29N5O/c1-3-18-24-19(26-25-18)16-11-9-15(10-12-16)13-14-22-20(21-2)23-17-7-5-4-6-8-17/h9-12,17H,3-8,13-14H2,1-2H3,(H2,21,22,23). The van der Waals surface area contributed by atoms with Crippen LogP contribution < -0.4 is 10.6 Å². The van der Waals surface area contributed by atoms with Crippen LogP contribution in [0, 0.1) is 0 Å². The second-order valence-corrected chi connectivity index (χ2v) is 6.79. The summed E-state index contributed by atoms with van der Waals surface area (Å²) in [5.41, 5.74) is 2.23. The van der Waals surface area contributed by atoms with Gasteiger partial charge in [0.05, 0.1) is 0 Å². The van der Waals surface area contributed by atoms with Gasteiger partial charge in [0.15, 0.2) is 11.8 Å². The second kappa shape index (κ2) is 9.36. The second-order valence-electron chi connectivity index (χ2n) is 6.79. The molecule has 0 bridgehead atoms. The summed E-state index contributed by atoms with van der Waals surface area (Å²) >= 11 is 0. The quantitative estimate of drug-likeness (QED) is 0.614. The molecule has 1 aromatic carbocycles. The number of hydrogen-bond acceptors (Lipinski definition) is 4. The van der Waals surface area contributed by atoms with E-state index in [-0.39, 0.29) is 0 Å². The highest BCUT2D eigenvalue weighted by atomic mass is 16.5. The summed E-state index contributed by atoms with van der Waals surface area (Å²) in [6.45, 7) is 2.87. The summed E-state index contributed by atoms with van der Waals surface area (Å²) in [6.07, 6.45) is 8.22. The highest BCUT2D eigenvalue weighted by molar-refractivity contribution is 5.79. The summed E-state index contributed by atoms with van der Waals surface area (Å²) in [7, 11) is 1.84. The number of nitrogens with one attached hydrogen (secondary N) is 2. The predicted molar refractivity (Wildman–Crippen MR) is 104 cm³/mol. The SMILES string of the molecule is CCc1noc(-c2ccc(CCNC(=NC)NC3CCCCC3)cc2)n1. The van der Waals surface area contributed by atoms with E-state index in [0.717, 1.165) is 36.7 Å². The van der Waals surface area contributed by atoms with Crippen LogP contribution >= 0.6 is 0 Å². The van der Waals surface area contributed by atoms with Gasteiger partial charge in [-0.25, -0.2) is 0 Å². The van der Waals surface area contributed by atoms with Gasteiger partial charge in [0.2, 0.25) is 0 Å². The number of guanidine groups is 1. The maximum atomic E-state index is 5.28. The van der Waals surface area contributed by atoms with Crippen molar-refractivity contribution >= 4 is 5.96 Å². The molecule has 0 spiro atoms. The molecule has 1 saturated carbocycles. The first-order valence-corrected chi connectivity index (χ1v) is 9.67. The molecule has 2 N–H and O–H groups in total. The number of rotatable bonds is 6. The maximum absolute atomic E-state index is 5.28. The molecule has 0 atom stereocenters. The van der Waals surface area contributed by atoms with Crippen LogP contribution in [0.2, 0.25) is 0 Å². The fourth-order valence-corrected chi connectivity index (χ4v) is 3.29. The molecule has 3 rings (SSSR count). The lowest BCUT2D eigenvalue weighted by Gasteiger charge is -2.24. The number of hydrogen-bond donors (Lipinski definition) is 2. The van der Waals surface area contributed by atoms with Crippen molar-refractivity contribution in [2.75, 3.05) is 13.6 Å². The Hall–Kier alpha value is -2.37. The third-order valence-electron chi connectivity index (χ3n) is 4.86. The first-order chi connectivity index (χ1) is 12.8. The van der Waals surface area contributed by atoms with Gasteiger partial charge in [0.25, 0.3) is 5.89 Å². The van der Waals surface area contributed by atoms with E-state index >= 15 is 0 Å². The molecule has 0 amide bonds. The van der Waals surface area contributed by atoms with Gasteiger partial charge >= 0.3 is 0 Å². The minimum Gasteiger partial charge on any atom is -0.356 e. The first kappa shape index (κ1) is 18.4. The molecule has 2 aromatic rings. The highest BCUT2D eigenvalue weighted by Crippen LogP contribution is 2.18. The van der Waals surface area contributed by atoms with Crippen LogP contribution in [0.3, 0.4) is 0 Å². The summed E-state index contributed by atoms with van der Waals surface area (Å²) in [6, 6.07) is 8.87. The molecule has 0 aliphatic heterocycles. The van der Waals surface area contributed by atoms with E-state index in [1.54, 1.807) is 0 Å². The van der Waals surface area contributed by atoms with E-state index in [1.165, 1.54) is 37.7 Å². The smallest absolute Gasteiger partial charge is 0.257 e. The number of aliphatic imine (C=N–C) groups is 1. The third kappa shape index (κ3) is 5.07. The van der Waals surface area contributed by atoms with Crippen molar-refractivity contribution in [2.24, 2.45) is 4.99 Å². The first-order valence-electron chi connectivity index (χ1n) is 9.67. The molecule has 6 nitrogen and oxygen atoms in total. The van der Waals surface area contributed by atoms with Gasteiger partial charge in [-0.3, -0.25) is 4.99 Å². The Bertz CT molecular complexity index is 701. The van der Waals surface area contributed by atoms with Gasteiger partial charge in [-0.2, -0.15) is 4.98 Å². The number of nitrogens with zero attached hydrogens (tertiary/aromatic N) is 3. The van der Waals surface area contributed by atoms with Crippen LogP contribution in [0.4, 0.5) is 0 Å². The van der Waals surface area contributed by atoms with Gasteiger partial charge in [0, 0.05) is 31.6 Å². The molecule has 0 saturated heterocycles. The molecule has 0 unspecified atom stereocenters. The van der Waals surface area contributed by atoms with Crippen LogP contribution in [0.1, 0.15) is 50.4 Å². The summed E-state index contributed by atoms with van der Waals surface area (Å²) < 4.78 is 5.28. The fraction of sp³-hybridized carbons (Fsp3) is 0.550. The van der Waals surface area contributed by atoms with Crippen molar-refractivity contribution in [2.45, 2.75) is 57.9 Å². The van der Waals surface area contributed by atoms with E-state index < -0.39 is 0 Å². The lowest BCUT2D eigenvalue weighted by molar-refractivity contribution is 0.410. The van der Waals surface area contributed by atoms with Crippen molar-refractivity contribution in [1.82, 2.24) is 20.8 Å². The molecule has 0 radical (unpaired) electrons. The Balaban J connectivity index is 1.46. The van der Waals surface area contributed by atoms with Crippen LogP contribution in [-0.4, -0.2) is 35.7 Å². The van der Waals surface area contributed by atoms with E-state index in [0.29, 0.717) is 11.9 Å². The van der Waals surface area contributed by atoms with Crippen molar-refractivity contribution in [3.63, 3.8) is 0 Å². The van der Waals surface area contributed by atoms with Crippen LogP contribution in [0.5, 0.6) is 0 Å². The summed E-state index contributed by atoms with van der Waals surface area (Å²) in [4.78, 5) is 8.71. The monoisotopic (exact) mass is 355 g/mol. The Morgan fingerprint density at radius 3 is 2.62 bits per heavy atom. The number of aromatic nitrogens is 2. The van der Waals surface area contributed by atoms with E-state index in [1.807, 2.05) is 26.1 Å². The highest BCUT2D eigenvalue weighted by Gasteiger charge is 2.14. The summed E-state index contributed by atoms with van der Waals surface area (Å²) in [5.74, 6) is 2.24. The van der Waals surface area contributed by atoms with Gasteiger partial charge < -0.3 is 15.2 Å². The lowest BCUT2D eigenvalue weighted by atomic mass is 9.96. The van der Waals surface area contributed by atoms with Crippen LogP contribution in [0.15, 0.2) is 33.8 Å². The Morgan fingerprint density at radius 2 is 1.96 bits per heavy atom. The Morgan fingerprint density at radius 1 is 1.19 bits per heavy atom. The van der Waals surface area contributed by atoms with Gasteiger partial charge in [-0.05, 0) is 37.0 Å². The minimum absolute atomic E-state index is 0.566. The molecule has 1 aromatic heterocycles. The molecule has 6 heteroatoms. The molecular formula is C20H29N5O. The largest absolute Gasteiger partial charge is 0.356 e. The average molecular weight is 355 g/mol. The molecule has 26 heavy (non-hydrogen) atoms. The number of benzene rings is 1. The molecule has 140 valence electrons. The van der Waals surface area contributed by atoms with E-state index in [9.17, 15) is 0 Å². The molecule has 1 heterocycles. The van der Waals surface area contributed by atoms with Crippen molar-refractivity contribution in [3.05, 3.63) is 35.7 Å². The van der Waals surface area contributed by atoms with E-state index in [4.69, 9.17) is 4.52 Å². The minimum atomic E-state index is 0.566. The molecular weight excluding hydrogens is 326 g/mol. The third-order valence-corrected chi connectivity index (χ3v) is 4.86. The molecule has 1 aliphatic rings. The Labute approximate surface area is 155 Å².